The van der Waals surface area contributed by atoms with Crippen molar-refractivity contribution in [2.75, 3.05) is 109 Å². The summed E-state index contributed by atoms with van der Waals surface area (Å²) >= 11 is 1.67. The average molecular weight is 2030 g/mol. The molecule has 10 N–H and O–H groups in total. The minimum atomic E-state index is -0.450. The second-order valence-corrected chi connectivity index (χ2v) is 39.7. The molecule has 22 rings (SSSR count). The van der Waals surface area contributed by atoms with Gasteiger partial charge in [0.1, 0.15) is 34.6 Å². The smallest absolute Gasteiger partial charge is 0.337 e. The van der Waals surface area contributed by atoms with Gasteiger partial charge in [0, 0.05) is 131 Å². The molecule has 9 aliphatic rings. The fourth-order valence-corrected chi connectivity index (χ4v) is 20.6. The van der Waals surface area contributed by atoms with Crippen LogP contribution in [0, 0.1) is 26.6 Å². The number of aromatic hydroxyl groups is 4. The van der Waals surface area contributed by atoms with E-state index in [2.05, 4.69) is 119 Å². The highest BCUT2D eigenvalue weighted by molar-refractivity contribution is 7.98. The lowest BCUT2D eigenvalue weighted by Gasteiger charge is -2.29. The van der Waals surface area contributed by atoms with E-state index in [1.807, 2.05) is 132 Å². The summed E-state index contributed by atoms with van der Waals surface area (Å²) in [6, 6.07) is 82.5. The number of halogens is 1. The zero-order valence-corrected chi connectivity index (χ0v) is 85.4. The molecule has 0 bridgehead atoms. The molecule has 0 unspecified atom stereocenters. The van der Waals surface area contributed by atoms with E-state index in [0.29, 0.717) is 95.8 Å². The number of carbonyl (C=O) groups is 8. The van der Waals surface area contributed by atoms with E-state index in [1.165, 1.54) is 98.3 Å². The molecule has 7 aliphatic heterocycles. The standard InChI is InChI=1S/C24H22N2O2.C21H23N3O3.C21H24N2O3.C19H20N2O3.C18H20N2OS.C17H17FN2O2/c27-21-7-5-16-9-11-26(12-10-17(16)15-21)24(28)25-20-6-8-23-19(14-20)13-18-3-1-2-4-22(18)23;25-19-8-3-15-9-12-23(13-10-16(15)14-19)21(27)22-17-4-6-18(7-5-17)24-11-1-2-20(24)26;24-18-8-5-15-11-12-23(14-16(15)13-18)21(25)22-17-6-9-20(10-7-17)26-19-3-1-2-4-19;1-13-6-7-14-8-9-21(12-16(14)10-13)19(23)20-17-5-3-4-15(11-17)18(22)24-2;1-13-6-7-14-8-9-20(12-15(14)10-13)18(21)19-16-4-3-5-17(11-16)22-2;1-11-2-5-15(18)16(8-11)19-17(22)20-7-6-12-3-4-14(21)9-13(12)10-20/h1-8,14-15,27H,9-13H2,(H,25,28);3-8,14,25H,1-2,9-13H2,(H,22,27);5-10,13,19,24H,1-4,11-12,14H2,(H,22,25);3-7,10-11H,8-9,12H2,1-2H3,(H,20,23);3-7,10-11H,8-9,12H2,1-2H3,(H,19,21);2-5,8-9,21H,6-7,10H2,1H3,(H,19,22). The van der Waals surface area contributed by atoms with E-state index in [4.69, 9.17) is 9.47 Å². The van der Waals surface area contributed by atoms with Gasteiger partial charge in [-0.2, -0.15) is 0 Å². The number of hydrogen-bond donors (Lipinski definition) is 10. The van der Waals surface area contributed by atoms with Crippen LogP contribution >= 0.6 is 11.8 Å². The van der Waals surface area contributed by atoms with Crippen molar-refractivity contribution in [3.8, 4) is 39.9 Å². The van der Waals surface area contributed by atoms with Crippen molar-refractivity contribution in [1.82, 2.24) is 29.4 Å². The zero-order chi connectivity index (χ0) is 104. The van der Waals surface area contributed by atoms with Gasteiger partial charge in [0.05, 0.1) is 24.5 Å². The number of urea groups is 6. The highest BCUT2D eigenvalue weighted by Gasteiger charge is 2.31. The highest BCUT2D eigenvalue weighted by atomic mass is 32.2. The first kappa shape index (κ1) is 104. The largest absolute Gasteiger partial charge is 0.508 e. The van der Waals surface area contributed by atoms with Gasteiger partial charge in [-0.1, -0.05) is 120 Å². The summed E-state index contributed by atoms with van der Waals surface area (Å²) in [4.78, 5) is 112. The molecular weight excluding hydrogens is 1900 g/mol. The SMILES string of the molecule is COC(=O)c1cccc(NC(=O)N2CCc3ccc(C)cc3C2)c1.CSc1cccc(NC(=O)N2CCc3ccc(C)cc3C2)c1.Cc1ccc(F)c(NC(=O)N2CCc3ccc(O)cc3C2)c1.O=C(Nc1ccc(N2CCCC2=O)cc1)N1CCc2ccc(O)cc2CC1.O=C(Nc1ccc(OC2CCCC2)cc1)N1CCc2ccc(O)cc2C1.O=C(Nc1ccc2c(c1)Cc1ccccc1-2)N1CCc2ccc(O)cc2CC1. The molecule has 27 nitrogen and oxygen atoms in total. The zero-order valence-electron chi connectivity index (χ0n) is 84.6. The molecule has 1 saturated heterocycles. The number of phenolic OH excluding ortho intramolecular Hbond substituents is 4. The van der Waals surface area contributed by atoms with E-state index in [0.717, 1.165) is 163 Å². The van der Waals surface area contributed by atoms with Crippen LogP contribution in [-0.2, 0) is 93.5 Å². The first-order valence-corrected chi connectivity index (χ1v) is 52.1. The molecule has 7 heterocycles. The van der Waals surface area contributed by atoms with E-state index in [-0.39, 0.29) is 70.8 Å². The number of hydrogen-bond acceptors (Lipinski definition) is 15. The van der Waals surface area contributed by atoms with Crippen molar-refractivity contribution in [1.29, 1.82) is 0 Å². The van der Waals surface area contributed by atoms with Crippen LogP contribution in [0.25, 0.3) is 11.1 Å². The number of carbonyl (C=O) groups excluding carboxylic acids is 8. The number of amides is 13. The van der Waals surface area contributed by atoms with Crippen LogP contribution in [-0.4, -0.2) is 176 Å². The van der Waals surface area contributed by atoms with Gasteiger partial charge < -0.3 is 96.1 Å². The maximum absolute atomic E-state index is 13.7. The average Bonchev–Trinajstić information content (AvgIpc) is 1.64. The Morgan fingerprint density at radius 1 is 0.336 bits per heavy atom. The molecule has 0 aromatic heterocycles. The summed E-state index contributed by atoms with van der Waals surface area (Å²) in [6.45, 7) is 14.2. The molecule has 1 saturated carbocycles. The maximum Gasteiger partial charge on any atom is 0.337 e. The summed E-state index contributed by atoms with van der Waals surface area (Å²) in [5.41, 5.74) is 27.7. The Balaban J connectivity index is 0.000000122. The van der Waals surface area contributed by atoms with Gasteiger partial charge in [-0.3, -0.25) is 4.79 Å². The summed E-state index contributed by atoms with van der Waals surface area (Å²) < 4.78 is 24.4. The lowest BCUT2D eigenvalue weighted by molar-refractivity contribution is -0.117. The molecule has 13 amide bonds. The number of esters is 1. The normalized spacial score (nSPS) is 14.9. The maximum atomic E-state index is 13.7. The number of nitrogens with zero attached hydrogens (tertiary/aromatic N) is 7. The molecule has 0 radical (unpaired) electrons. The third kappa shape index (κ3) is 27.5. The van der Waals surface area contributed by atoms with Crippen molar-refractivity contribution in [2.45, 2.75) is 154 Å². The Bertz CT molecular complexity index is 7080. The fourth-order valence-electron chi connectivity index (χ4n) is 20.2. The van der Waals surface area contributed by atoms with Gasteiger partial charge in [-0.25, -0.2) is 38.0 Å². The first-order valence-electron chi connectivity index (χ1n) is 50.9. The Labute approximate surface area is 872 Å². The van der Waals surface area contributed by atoms with E-state index < -0.39 is 11.8 Å². The van der Waals surface area contributed by atoms with Crippen LogP contribution in [0.15, 0.2) is 272 Å². The number of phenols is 4. The molecule has 2 aliphatic carbocycles. The second kappa shape index (κ2) is 48.8. The molecule has 149 heavy (non-hydrogen) atoms. The molecule has 13 aromatic carbocycles. The van der Waals surface area contributed by atoms with Gasteiger partial charge in [0.2, 0.25) is 5.91 Å². The van der Waals surface area contributed by atoms with E-state index in [1.54, 1.807) is 115 Å². The number of aryl methyl sites for hydroxylation is 3. The van der Waals surface area contributed by atoms with Crippen molar-refractivity contribution >= 4 is 99.6 Å². The van der Waals surface area contributed by atoms with Crippen LogP contribution < -0.4 is 41.5 Å². The molecule has 13 aromatic rings. The third-order valence-corrected chi connectivity index (χ3v) is 29.1. The third-order valence-electron chi connectivity index (χ3n) is 28.3. The number of anilines is 7. The summed E-state index contributed by atoms with van der Waals surface area (Å²) in [7, 11) is 1.33. The van der Waals surface area contributed by atoms with Gasteiger partial charge in [-0.05, 0) is 369 Å². The number of ether oxygens (including phenoxy) is 2. The Hall–Kier alpha value is -16.3. The summed E-state index contributed by atoms with van der Waals surface area (Å²) in [6.07, 6.45) is 15.9. The predicted octanol–water partition coefficient (Wildman–Crippen LogP) is 23.2. The minimum absolute atomic E-state index is 0.0228. The number of thioether (sulfide) groups is 1. The van der Waals surface area contributed by atoms with Crippen LogP contribution in [0.5, 0.6) is 28.7 Å². The fraction of sp³-hybridized carbons (Fsp3) is 0.283. The van der Waals surface area contributed by atoms with Gasteiger partial charge >= 0.3 is 42.2 Å². The van der Waals surface area contributed by atoms with Crippen molar-refractivity contribution in [3.05, 3.63) is 373 Å². The van der Waals surface area contributed by atoms with Gasteiger partial charge in [-0.15, -0.1) is 11.8 Å². The lowest BCUT2D eigenvalue weighted by atomic mass is 9.98. The molecular formula is C120H126FN13O14S. The highest BCUT2D eigenvalue weighted by Crippen LogP contribution is 2.40. The molecule has 0 spiro atoms. The quantitative estimate of drug-likeness (QED) is 0.0425. The Morgan fingerprint density at radius 3 is 1.21 bits per heavy atom. The first-order chi connectivity index (χ1) is 72.2. The molecule has 768 valence electrons. The van der Waals surface area contributed by atoms with Crippen molar-refractivity contribution in [3.63, 3.8) is 0 Å². The van der Waals surface area contributed by atoms with Crippen LogP contribution in [0.3, 0.4) is 0 Å². The predicted molar refractivity (Wildman–Crippen MR) is 582 cm³/mol. The van der Waals surface area contributed by atoms with Gasteiger partial charge in [0.25, 0.3) is 0 Å². The Kier molecular flexibility index (Phi) is 34.1. The number of fused-ring (bicyclic) bond motifs is 9. The lowest BCUT2D eigenvalue weighted by Crippen LogP contribution is -2.39. The number of nitrogens with one attached hydrogen (secondary N) is 6. The summed E-state index contributed by atoms with van der Waals surface area (Å²) in [5, 5.41) is 56.0. The van der Waals surface area contributed by atoms with Crippen molar-refractivity contribution < 1.29 is 72.6 Å². The van der Waals surface area contributed by atoms with Crippen LogP contribution in [0.4, 0.5) is 73.0 Å². The van der Waals surface area contributed by atoms with Crippen molar-refractivity contribution in [2.24, 2.45) is 0 Å². The molecule has 29 heteroatoms. The summed E-state index contributed by atoms with van der Waals surface area (Å²) in [5.74, 6) is 1.12. The van der Waals surface area contributed by atoms with Crippen LogP contribution in [0.2, 0.25) is 0 Å². The second-order valence-electron chi connectivity index (χ2n) is 38.8. The number of methoxy groups -OCH3 is 1. The van der Waals surface area contributed by atoms with E-state index >= 15 is 0 Å². The van der Waals surface area contributed by atoms with Crippen LogP contribution in [0.1, 0.15) is 143 Å². The van der Waals surface area contributed by atoms with E-state index in [9.17, 15) is 63.2 Å². The molecule has 2 fully saturated rings. The number of rotatable bonds is 11. The Morgan fingerprint density at radius 2 is 0.725 bits per heavy atom. The monoisotopic (exact) mass is 2020 g/mol. The molecule has 0 atom stereocenters. The topological polar surface area (TPSA) is 331 Å². The number of benzene rings is 13. The minimum Gasteiger partial charge on any atom is -0.508 e. The van der Waals surface area contributed by atoms with Gasteiger partial charge in [0.15, 0.2) is 0 Å².